The van der Waals surface area contributed by atoms with Crippen LogP contribution >= 0.6 is 34.7 Å². The number of rotatable bonds is 9. The first kappa shape index (κ1) is 25.9. The first-order valence-corrected chi connectivity index (χ1v) is 13.5. The van der Waals surface area contributed by atoms with E-state index in [1.165, 1.54) is 23.1 Å². The second-order valence-corrected chi connectivity index (χ2v) is 10.6. The number of benzene rings is 2. The largest absolute Gasteiger partial charge is 0.342 e. The lowest BCUT2D eigenvalue weighted by Crippen LogP contribution is -2.33. The number of aromatic nitrogens is 4. The molecule has 2 N–H and O–H groups in total. The van der Waals surface area contributed by atoms with E-state index in [1.54, 1.807) is 24.3 Å². The van der Waals surface area contributed by atoms with E-state index in [1.807, 2.05) is 61.2 Å². The van der Waals surface area contributed by atoms with E-state index < -0.39 is 0 Å². The highest BCUT2D eigenvalue weighted by atomic mass is 35.5. The van der Waals surface area contributed by atoms with Gasteiger partial charge in [-0.2, -0.15) is 0 Å². The van der Waals surface area contributed by atoms with E-state index in [9.17, 15) is 9.59 Å². The molecular formula is C25H25ClN6O2S2. The van der Waals surface area contributed by atoms with Crippen molar-refractivity contribution < 1.29 is 9.59 Å². The number of hydrogen-bond acceptors (Lipinski definition) is 7. The van der Waals surface area contributed by atoms with Gasteiger partial charge in [-0.15, -0.1) is 21.5 Å². The average Bonchev–Trinajstić information content (AvgIpc) is 3.48. The summed E-state index contributed by atoms with van der Waals surface area (Å²) in [6.45, 7) is 4.02. The molecule has 2 amide bonds. The van der Waals surface area contributed by atoms with Gasteiger partial charge in [0.25, 0.3) is 5.91 Å². The van der Waals surface area contributed by atoms with Gasteiger partial charge < -0.3 is 15.2 Å². The van der Waals surface area contributed by atoms with Crippen molar-refractivity contribution in [2.45, 2.75) is 25.0 Å². The van der Waals surface area contributed by atoms with Gasteiger partial charge in [0.1, 0.15) is 0 Å². The molecule has 1 atom stereocenters. The maximum atomic E-state index is 12.7. The van der Waals surface area contributed by atoms with Crippen LogP contribution in [0.25, 0.3) is 11.3 Å². The summed E-state index contributed by atoms with van der Waals surface area (Å²) in [6, 6.07) is 16.1. The van der Waals surface area contributed by atoms with Crippen LogP contribution in [0.15, 0.2) is 65.1 Å². The fraction of sp³-hybridized carbons (Fsp3) is 0.240. The Bertz CT molecular complexity index is 1340. The zero-order valence-electron chi connectivity index (χ0n) is 19.9. The molecule has 0 unspecified atom stereocenters. The summed E-state index contributed by atoms with van der Waals surface area (Å²) in [5.41, 5.74) is 2.28. The van der Waals surface area contributed by atoms with Crippen molar-refractivity contribution in [1.29, 1.82) is 0 Å². The molecule has 36 heavy (non-hydrogen) atoms. The van der Waals surface area contributed by atoms with E-state index in [0.717, 1.165) is 11.3 Å². The van der Waals surface area contributed by atoms with Crippen LogP contribution in [0.1, 0.15) is 36.1 Å². The second kappa shape index (κ2) is 11.7. The maximum absolute atomic E-state index is 12.7. The van der Waals surface area contributed by atoms with Crippen LogP contribution in [0.5, 0.6) is 0 Å². The summed E-state index contributed by atoms with van der Waals surface area (Å²) in [6.07, 6.45) is 0. The minimum atomic E-state index is -0.333. The van der Waals surface area contributed by atoms with E-state index in [-0.39, 0.29) is 29.5 Å². The van der Waals surface area contributed by atoms with Crippen LogP contribution in [-0.4, -0.2) is 37.3 Å². The minimum Gasteiger partial charge on any atom is -0.342 e. The fourth-order valence-electron chi connectivity index (χ4n) is 3.44. The summed E-state index contributed by atoms with van der Waals surface area (Å²) in [4.78, 5) is 29.7. The number of thiazole rings is 1. The number of nitrogens with zero attached hydrogens (tertiary/aromatic N) is 4. The van der Waals surface area contributed by atoms with Crippen molar-refractivity contribution in [2.24, 2.45) is 13.0 Å². The summed E-state index contributed by atoms with van der Waals surface area (Å²) >= 11 is 8.57. The Labute approximate surface area is 222 Å². The number of thioether (sulfide) groups is 1. The summed E-state index contributed by atoms with van der Waals surface area (Å²) in [5, 5.41) is 18.1. The molecule has 186 valence electrons. The van der Waals surface area contributed by atoms with Crippen molar-refractivity contribution >= 4 is 51.6 Å². The summed E-state index contributed by atoms with van der Waals surface area (Å²) < 4.78 is 1.82. The molecule has 0 fully saturated rings. The predicted molar refractivity (Wildman–Crippen MR) is 144 cm³/mol. The third kappa shape index (κ3) is 6.31. The monoisotopic (exact) mass is 540 g/mol. The Kier molecular flexibility index (Phi) is 8.40. The maximum Gasteiger partial charge on any atom is 0.251 e. The molecular weight excluding hydrogens is 516 g/mol. The number of carbonyl (C=O) groups is 2. The van der Waals surface area contributed by atoms with E-state index in [0.29, 0.717) is 26.7 Å². The van der Waals surface area contributed by atoms with Crippen LogP contribution in [0, 0.1) is 5.92 Å². The quantitative estimate of drug-likeness (QED) is 0.274. The molecule has 0 saturated heterocycles. The van der Waals surface area contributed by atoms with E-state index in [2.05, 4.69) is 25.8 Å². The Morgan fingerprint density at radius 3 is 2.50 bits per heavy atom. The average molecular weight is 541 g/mol. The van der Waals surface area contributed by atoms with E-state index >= 15 is 0 Å². The van der Waals surface area contributed by atoms with Gasteiger partial charge in [0.05, 0.1) is 17.5 Å². The zero-order valence-corrected chi connectivity index (χ0v) is 22.3. The molecule has 8 nitrogen and oxygen atoms in total. The standard InChI is InChI=1S/C25H25ClN6O2S2/c1-15(2)21(29-23(34)17-7-5-4-6-8-17)22-30-31-25(32(22)3)36-14-20(33)28-24-27-19(13-35-24)16-9-11-18(26)12-10-16/h4-13,15,21H,14H2,1-3H3,(H,29,34)(H,27,28,33)/t21-/m1/s1. The van der Waals surface area contributed by atoms with Crippen LogP contribution in [0.3, 0.4) is 0 Å². The number of hydrogen-bond donors (Lipinski definition) is 2. The van der Waals surface area contributed by atoms with Gasteiger partial charge in [-0.25, -0.2) is 4.98 Å². The van der Waals surface area contributed by atoms with Gasteiger partial charge in [-0.05, 0) is 30.2 Å². The number of amides is 2. The van der Waals surface area contributed by atoms with Crippen molar-refractivity contribution in [3.8, 4) is 11.3 Å². The normalized spacial score (nSPS) is 11.9. The van der Waals surface area contributed by atoms with Crippen molar-refractivity contribution in [2.75, 3.05) is 11.1 Å². The van der Waals surface area contributed by atoms with Crippen LogP contribution in [0.2, 0.25) is 5.02 Å². The molecule has 4 aromatic rings. The predicted octanol–water partition coefficient (Wildman–Crippen LogP) is 5.45. The van der Waals surface area contributed by atoms with Gasteiger partial charge in [0, 0.05) is 28.6 Å². The summed E-state index contributed by atoms with van der Waals surface area (Å²) in [7, 11) is 1.83. The van der Waals surface area contributed by atoms with Crippen LogP contribution in [-0.2, 0) is 11.8 Å². The Morgan fingerprint density at radius 1 is 1.08 bits per heavy atom. The molecule has 11 heteroatoms. The SMILES string of the molecule is CC(C)[C@@H](NC(=O)c1ccccc1)c1nnc(SCC(=O)Nc2nc(-c3ccc(Cl)cc3)cs2)n1C. The Balaban J connectivity index is 1.36. The Morgan fingerprint density at radius 2 is 1.81 bits per heavy atom. The molecule has 0 saturated carbocycles. The molecule has 0 aliphatic rings. The molecule has 0 radical (unpaired) electrons. The number of halogens is 1. The smallest absolute Gasteiger partial charge is 0.251 e. The number of carbonyl (C=O) groups excluding carboxylic acids is 2. The lowest BCUT2D eigenvalue weighted by Gasteiger charge is -2.21. The van der Waals surface area contributed by atoms with Crippen LogP contribution in [0.4, 0.5) is 5.13 Å². The molecule has 0 spiro atoms. The van der Waals surface area contributed by atoms with Gasteiger partial charge in [-0.3, -0.25) is 9.59 Å². The molecule has 2 aromatic heterocycles. The third-order valence-electron chi connectivity index (χ3n) is 5.36. The van der Waals surface area contributed by atoms with Gasteiger partial charge in [-0.1, -0.05) is 67.5 Å². The molecule has 4 rings (SSSR count). The van der Waals surface area contributed by atoms with Crippen LogP contribution < -0.4 is 10.6 Å². The first-order valence-electron chi connectivity index (χ1n) is 11.2. The highest BCUT2D eigenvalue weighted by Crippen LogP contribution is 2.27. The van der Waals surface area contributed by atoms with Crippen molar-refractivity contribution in [3.05, 3.63) is 76.4 Å². The van der Waals surface area contributed by atoms with Crippen molar-refractivity contribution in [1.82, 2.24) is 25.1 Å². The number of nitrogens with one attached hydrogen (secondary N) is 2. The lowest BCUT2D eigenvalue weighted by molar-refractivity contribution is -0.113. The lowest BCUT2D eigenvalue weighted by atomic mass is 10.0. The first-order chi connectivity index (χ1) is 17.3. The molecule has 2 heterocycles. The molecule has 0 aliphatic carbocycles. The topological polar surface area (TPSA) is 102 Å². The molecule has 0 aliphatic heterocycles. The summed E-state index contributed by atoms with van der Waals surface area (Å²) in [5.74, 6) is 0.489. The number of anilines is 1. The van der Waals surface area contributed by atoms with Gasteiger partial charge >= 0.3 is 0 Å². The highest BCUT2D eigenvalue weighted by Gasteiger charge is 2.25. The molecule has 2 aromatic carbocycles. The molecule has 0 bridgehead atoms. The fourth-order valence-corrected chi connectivity index (χ4v) is 5.02. The minimum absolute atomic E-state index is 0.0847. The van der Waals surface area contributed by atoms with Crippen molar-refractivity contribution in [3.63, 3.8) is 0 Å². The van der Waals surface area contributed by atoms with Gasteiger partial charge in [0.15, 0.2) is 16.1 Å². The van der Waals surface area contributed by atoms with Gasteiger partial charge in [0.2, 0.25) is 5.91 Å². The zero-order chi connectivity index (χ0) is 25.7. The third-order valence-corrected chi connectivity index (χ3v) is 7.39. The van der Waals surface area contributed by atoms with E-state index in [4.69, 9.17) is 11.6 Å². The Hall–Kier alpha value is -3.21. The second-order valence-electron chi connectivity index (χ2n) is 8.34. The highest BCUT2D eigenvalue weighted by molar-refractivity contribution is 7.99.